The highest BCUT2D eigenvalue weighted by Crippen LogP contribution is 2.31. The Kier molecular flexibility index (Phi) is 3.90. The second-order valence-electron chi connectivity index (χ2n) is 3.55. The summed E-state index contributed by atoms with van der Waals surface area (Å²) in [5.41, 5.74) is 1.26. The van der Waals surface area contributed by atoms with Gasteiger partial charge in [0.2, 0.25) is 0 Å². The minimum absolute atomic E-state index is 0.992. The van der Waals surface area contributed by atoms with E-state index in [4.69, 9.17) is 0 Å². The molecule has 0 aliphatic heterocycles. The Hall–Kier alpha value is -0.510. The maximum absolute atomic E-state index is 4.32. The van der Waals surface area contributed by atoms with Gasteiger partial charge >= 0.3 is 0 Å². The number of rotatable bonds is 2. The molecule has 82 valence electrons. The van der Waals surface area contributed by atoms with E-state index in [0.717, 1.165) is 9.79 Å². The minimum Gasteiger partial charge on any atom is -0.143 e. The molecule has 2 aromatic carbocycles. The van der Waals surface area contributed by atoms with Crippen LogP contribution in [-0.4, -0.2) is 0 Å². The molecule has 0 aliphatic carbocycles. The molecular formula is C13H12S3. The lowest BCUT2D eigenvalue weighted by Crippen LogP contribution is -1.80. The molecule has 0 bridgehead atoms. The van der Waals surface area contributed by atoms with Crippen molar-refractivity contribution in [2.24, 2.45) is 0 Å². The van der Waals surface area contributed by atoms with Crippen molar-refractivity contribution in [2.45, 2.75) is 26.5 Å². The van der Waals surface area contributed by atoms with Crippen LogP contribution in [0.2, 0.25) is 0 Å². The molecule has 0 radical (unpaired) electrons. The van der Waals surface area contributed by atoms with E-state index in [1.54, 1.807) is 11.8 Å². The molecule has 2 aromatic rings. The number of aryl methyl sites for hydroxylation is 1. The molecule has 0 saturated heterocycles. The Balaban J connectivity index is 2.23. The number of thiol groups is 2. The molecule has 0 fully saturated rings. The van der Waals surface area contributed by atoms with Gasteiger partial charge in [-0.1, -0.05) is 11.8 Å². The third-order valence-electron chi connectivity index (χ3n) is 2.22. The van der Waals surface area contributed by atoms with Crippen LogP contribution in [0.25, 0.3) is 0 Å². The van der Waals surface area contributed by atoms with Gasteiger partial charge in [0.05, 0.1) is 0 Å². The van der Waals surface area contributed by atoms with E-state index in [1.807, 2.05) is 18.2 Å². The van der Waals surface area contributed by atoms with E-state index < -0.39 is 0 Å². The molecule has 0 spiro atoms. The average Bonchev–Trinajstić information content (AvgIpc) is 2.25. The molecule has 0 unspecified atom stereocenters. The summed E-state index contributed by atoms with van der Waals surface area (Å²) in [4.78, 5) is 4.50. The van der Waals surface area contributed by atoms with Crippen molar-refractivity contribution < 1.29 is 0 Å². The predicted molar refractivity (Wildman–Crippen MR) is 76.2 cm³/mol. The van der Waals surface area contributed by atoms with Crippen LogP contribution >= 0.6 is 37.0 Å². The summed E-state index contributed by atoms with van der Waals surface area (Å²) in [6.07, 6.45) is 0. The van der Waals surface area contributed by atoms with Gasteiger partial charge in [-0.2, -0.15) is 0 Å². The zero-order valence-electron chi connectivity index (χ0n) is 8.84. The first-order valence-electron chi connectivity index (χ1n) is 4.91. The molecule has 3 heteroatoms. The van der Waals surface area contributed by atoms with Gasteiger partial charge < -0.3 is 0 Å². The van der Waals surface area contributed by atoms with Crippen LogP contribution in [0.4, 0.5) is 0 Å². The van der Waals surface area contributed by atoms with Crippen LogP contribution in [0.3, 0.4) is 0 Å². The monoisotopic (exact) mass is 264 g/mol. The van der Waals surface area contributed by atoms with E-state index in [9.17, 15) is 0 Å². The summed E-state index contributed by atoms with van der Waals surface area (Å²) in [7, 11) is 0. The Morgan fingerprint density at radius 1 is 0.875 bits per heavy atom. The van der Waals surface area contributed by atoms with Crippen LogP contribution in [0.1, 0.15) is 5.56 Å². The highest BCUT2D eigenvalue weighted by atomic mass is 32.2. The van der Waals surface area contributed by atoms with Gasteiger partial charge in [-0.3, -0.25) is 0 Å². The zero-order chi connectivity index (χ0) is 11.5. The second-order valence-corrected chi connectivity index (χ2v) is 5.69. The Bertz CT molecular complexity index is 489. The molecule has 0 amide bonds. The summed E-state index contributed by atoms with van der Waals surface area (Å²) in [6.45, 7) is 2.11. The maximum Gasteiger partial charge on any atom is 0.0152 e. The number of benzene rings is 2. The minimum atomic E-state index is 0.992. The van der Waals surface area contributed by atoms with Gasteiger partial charge in [-0.25, -0.2) is 0 Å². The topological polar surface area (TPSA) is 0 Å². The van der Waals surface area contributed by atoms with E-state index in [1.165, 1.54) is 15.4 Å². The molecule has 0 nitrogen and oxygen atoms in total. The molecule has 16 heavy (non-hydrogen) atoms. The van der Waals surface area contributed by atoms with Gasteiger partial charge in [0.15, 0.2) is 0 Å². The standard InChI is InChI=1S/C13H12S3/c1-9-8-11(15)4-7-13(9)16-12-5-2-10(14)3-6-12/h2-8,14-15H,1H3. The highest BCUT2D eigenvalue weighted by molar-refractivity contribution is 7.99. The van der Waals surface area contributed by atoms with Crippen LogP contribution in [0, 0.1) is 6.92 Å². The molecular weight excluding hydrogens is 252 g/mol. The number of hydrogen-bond acceptors (Lipinski definition) is 3. The Labute approximate surface area is 111 Å². The van der Waals surface area contributed by atoms with Gasteiger partial charge in [-0.05, 0) is 55.0 Å². The summed E-state index contributed by atoms with van der Waals surface area (Å²) in [6, 6.07) is 14.4. The maximum atomic E-state index is 4.32. The summed E-state index contributed by atoms with van der Waals surface area (Å²) in [5, 5.41) is 0. The predicted octanol–water partition coefficient (Wildman–Crippen LogP) is 4.72. The zero-order valence-corrected chi connectivity index (χ0v) is 11.4. The third kappa shape index (κ3) is 3.00. The lowest BCUT2D eigenvalue weighted by atomic mass is 10.2. The molecule has 2 rings (SSSR count). The van der Waals surface area contributed by atoms with Crippen molar-refractivity contribution in [1.82, 2.24) is 0 Å². The van der Waals surface area contributed by atoms with E-state index in [-0.39, 0.29) is 0 Å². The fourth-order valence-electron chi connectivity index (χ4n) is 1.39. The van der Waals surface area contributed by atoms with Crippen molar-refractivity contribution in [3.05, 3.63) is 48.0 Å². The Morgan fingerprint density at radius 3 is 2.12 bits per heavy atom. The van der Waals surface area contributed by atoms with Crippen LogP contribution in [0.15, 0.2) is 62.0 Å². The van der Waals surface area contributed by atoms with Gasteiger partial charge in [0, 0.05) is 19.6 Å². The SMILES string of the molecule is Cc1cc(S)ccc1Sc1ccc(S)cc1. The fraction of sp³-hybridized carbons (Fsp3) is 0.0769. The average molecular weight is 264 g/mol. The fourth-order valence-corrected chi connectivity index (χ4v) is 2.69. The van der Waals surface area contributed by atoms with Crippen molar-refractivity contribution in [1.29, 1.82) is 0 Å². The first kappa shape index (κ1) is 12.0. The van der Waals surface area contributed by atoms with E-state index in [2.05, 4.69) is 56.4 Å². The Morgan fingerprint density at radius 2 is 1.50 bits per heavy atom. The lowest BCUT2D eigenvalue weighted by molar-refractivity contribution is 1.24. The smallest absolute Gasteiger partial charge is 0.0152 e. The van der Waals surface area contributed by atoms with Gasteiger partial charge in [-0.15, -0.1) is 25.3 Å². The van der Waals surface area contributed by atoms with E-state index in [0.29, 0.717) is 0 Å². The van der Waals surface area contributed by atoms with Crippen molar-refractivity contribution in [2.75, 3.05) is 0 Å². The number of hydrogen-bond donors (Lipinski definition) is 2. The first-order valence-corrected chi connectivity index (χ1v) is 6.63. The van der Waals surface area contributed by atoms with E-state index >= 15 is 0 Å². The van der Waals surface area contributed by atoms with Crippen molar-refractivity contribution in [3.8, 4) is 0 Å². The van der Waals surface area contributed by atoms with Crippen LogP contribution < -0.4 is 0 Å². The van der Waals surface area contributed by atoms with Gasteiger partial charge in [0.25, 0.3) is 0 Å². The summed E-state index contributed by atoms with van der Waals surface area (Å²) < 4.78 is 0. The van der Waals surface area contributed by atoms with Crippen molar-refractivity contribution in [3.63, 3.8) is 0 Å². The molecule has 0 aliphatic rings. The summed E-state index contributed by atoms with van der Waals surface area (Å²) in [5.74, 6) is 0. The third-order valence-corrected chi connectivity index (χ3v) is 3.99. The highest BCUT2D eigenvalue weighted by Gasteiger charge is 2.01. The molecule has 0 aromatic heterocycles. The first-order chi connectivity index (χ1) is 7.65. The largest absolute Gasteiger partial charge is 0.143 e. The second kappa shape index (κ2) is 5.21. The van der Waals surface area contributed by atoms with Crippen LogP contribution in [0.5, 0.6) is 0 Å². The van der Waals surface area contributed by atoms with Crippen LogP contribution in [-0.2, 0) is 0 Å². The van der Waals surface area contributed by atoms with Crippen molar-refractivity contribution >= 4 is 37.0 Å². The normalized spacial score (nSPS) is 10.4. The molecule has 0 saturated carbocycles. The lowest BCUT2D eigenvalue weighted by Gasteiger charge is -2.06. The molecule has 0 heterocycles. The summed E-state index contributed by atoms with van der Waals surface area (Å²) >= 11 is 10.4. The quantitative estimate of drug-likeness (QED) is 0.740. The molecule has 0 N–H and O–H groups in total. The molecule has 0 atom stereocenters. The van der Waals surface area contributed by atoms with Gasteiger partial charge in [0.1, 0.15) is 0 Å².